The molecule has 0 fully saturated rings. The van der Waals surface area contributed by atoms with Crippen molar-refractivity contribution in [3.63, 3.8) is 0 Å². The van der Waals surface area contributed by atoms with Crippen LogP contribution in [0, 0.1) is 10.1 Å². The van der Waals surface area contributed by atoms with Crippen LogP contribution < -0.4 is 14.8 Å². The van der Waals surface area contributed by atoms with Crippen molar-refractivity contribution < 1.29 is 28.0 Å². The van der Waals surface area contributed by atoms with Gasteiger partial charge in [0, 0.05) is 18.3 Å². The number of ether oxygens (including phenoxy) is 2. The van der Waals surface area contributed by atoms with Gasteiger partial charge >= 0.3 is 0 Å². The molecule has 9 nitrogen and oxygen atoms in total. The number of rotatable bonds is 9. The largest absolute Gasteiger partial charge is 0.487 e. The van der Waals surface area contributed by atoms with Gasteiger partial charge in [0.1, 0.15) is 18.1 Å². The van der Waals surface area contributed by atoms with Gasteiger partial charge in [-0.05, 0) is 18.2 Å². The van der Waals surface area contributed by atoms with Crippen molar-refractivity contribution in [2.75, 3.05) is 11.9 Å². The van der Waals surface area contributed by atoms with E-state index in [-0.39, 0.29) is 23.9 Å². The summed E-state index contributed by atoms with van der Waals surface area (Å²) in [5.74, 6) is -0.404. The van der Waals surface area contributed by atoms with Crippen LogP contribution in [0.1, 0.15) is 10.5 Å². The minimum absolute atomic E-state index is 0.00399. The number of nitrogens with zero attached hydrogens (tertiary/aromatic N) is 3. The molecule has 0 atom stereocenters. The molecular formula is C19H15ClF2N4O5. The van der Waals surface area contributed by atoms with Crippen molar-refractivity contribution in [3.8, 4) is 11.5 Å². The van der Waals surface area contributed by atoms with E-state index in [4.69, 9.17) is 21.1 Å². The van der Waals surface area contributed by atoms with E-state index < -0.39 is 29.6 Å². The van der Waals surface area contributed by atoms with Gasteiger partial charge in [0.05, 0.1) is 21.7 Å². The van der Waals surface area contributed by atoms with Gasteiger partial charge in [0.2, 0.25) is 0 Å². The standard InChI is InChI=1S/C19H15ClF2N4O5/c20-15-3-1-2-4-17(15)31-11-25-6-5-16(24-25)19(27)23-12-7-13(26(28)29)9-14(8-12)30-10-18(21)22/h1-9,18H,10-11H2,(H,23,27). The molecule has 3 aromatic rings. The van der Waals surface area contributed by atoms with Gasteiger partial charge in [-0.3, -0.25) is 14.9 Å². The van der Waals surface area contributed by atoms with Crippen molar-refractivity contribution in [2.24, 2.45) is 0 Å². The molecule has 1 N–H and O–H groups in total. The Bertz CT molecular complexity index is 1090. The number of para-hydroxylation sites is 1. The van der Waals surface area contributed by atoms with Crippen LogP contribution in [-0.4, -0.2) is 33.6 Å². The fourth-order valence-electron chi connectivity index (χ4n) is 2.45. The zero-order valence-electron chi connectivity index (χ0n) is 15.7. The number of halogens is 3. The Morgan fingerprint density at radius 3 is 2.71 bits per heavy atom. The summed E-state index contributed by atoms with van der Waals surface area (Å²) < 4.78 is 36.4. The Morgan fingerprint density at radius 1 is 1.23 bits per heavy atom. The molecule has 0 aliphatic heterocycles. The highest BCUT2D eigenvalue weighted by Crippen LogP contribution is 2.27. The highest BCUT2D eigenvalue weighted by molar-refractivity contribution is 6.32. The first-order chi connectivity index (χ1) is 14.8. The summed E-state index contributed by atoms with van der Waals surface area (Å²) in [5, 5.41) is 18.0. The Hall–Kier alpha value is -3.73. The number of hydrogen-bond acceptors (Lipinski definition) is 6. The number of aromatic nitrogens is 2. The van der Waals surface area contributed by atoms with Crippen molar-refractivity contribution in [1.82, 2.24) is 9.78 Å². The SMILES string of the molecule is O=C(Nc1cc(OCC(F)F)cc([N+](=O)[O-])c1)c1ccn(COc2ccccc2Cl)n1. The molecule has 0 saturated heterocycles. The van der Waals surface area contributed by atoms with E-state index in [1.165, 1.54) is 23.0 Å². The average Bonchev–Trinajstić information content (AvgIpc) is 3.21. The lowest BCUT2D eigenvalue weighted by atomic mass is 10.2. The molecule has 12 heteroatoms. The summed E-state index contributed by atoms with van der Waals surface area (Å²) in [4.78, 5) is 22.8. The Labute approximate surface area is 179 Å². The highest BCUT2D eigenvalue weighted by atomic mass is 35.5. The zero-order valence-corrected chi connectivity index (χ0v) is 16.5. The summed E-state index contributed by atoms with van der Waals surface area (Å²) in [6.07, 6.45) is -1.26. The van der Waals surface area contributed by atoms with E-state index in [1.807, 2.05) is 0 Å². The molecule has 0 radical (unpaired) electrons. The molecule has 2 aromatic carbocycles. The van der Waals surface area contributed by atoms with Crippen LogP contribution in [0.3, 0.4) is 0 Å². The number of nitrogens with one attached hydrogen (secondary N) is 1. The molecule has 1 amide bonds. The minimum Gasteiger partial charge on any atom is -0.487 e. The smallest absolute Gasteiger partial charge is 0.276 e. The average molecular weight is 453 g/mol. The van der Waals surface area contributed by atoms with E-state index >= 15 is 0 Å². The number of carbonyl (C=O) groups excluding carboxylic acids is 1. The van der Waals surface area contributed by atoms with E-state index in [2.05, 4.69) is 10.4 Å². The monoisotopic (exact) mass is 452 g/mol. The molecule has 162 valence electrons. The van der Waals surface area contributed by atoms with Crippen LogP contribution in [-0.2, 0) is 6.73 Å². The van der Waals surface area contributed by atoms with Gasteiger partial charge in [0.25, 0.3) is 18.0 Å². The van der Waals surface area contributed by atoms with Crippen LogP contribution >= 0.6 is 11.6 Å². The molecule has 3 rings (SSSR count). The van der Waals surface area contributed by atoms with Crippen LogP contribution in [0.15, 0.2) is 54.7 Å². The van der Waals surface area contributed by atoms with Crippen molar-refractivity contribution in [2.45, 2.75) is 13.2 Å². The highest BCUT2D eigenvalue weighted by Gasteiger charge is 2.16. The lowest BCUT2D eigenvalue weighted by Crippen LogP contribution is -2.15. The lowest BCUT2D eigenvalue weighted by molar-refractivity contribution is -0.384. The number of alkyl halides is 2. The predicted octanol–water partition coefficient (Wildman–Crippen LogP) is 4.38. The second-order valence-electron chi connectivity index (χ2n) is 6.07. The van der Waals surface area contributed by atoms with E-state index in [0.717, 1.165) is 12.1 Å². The predicted molar refractivity (Wildman–Crippen MR) is 107 cm³/mol. The molecule has 31 heavy (non-hydrogen) atoms. The fourth-order valence-corrected chi connectivity index (χ4v) is 2.64. The molecule has 0 aliphatic rings. The number of hydrogen-bond donors (Lipinski definition) is 1. The third-order valence-corrected chi connectivity index (χ3v) is 4.11. The van der Waals surface area contributed by atoms with Gasteiger partial charge in [-0.1, -0.05) is 23.7 Å². The molecular weight excluding hydrogens is 438 g/mol. The summed E-state index contributed by atoms with van der Waals surface area (Å²) in [6, 6.07) is 11.5. The molecule has 0 aliphatic carbocycles. The quantitative estimate of drug-likeness (QED) is 0.381. The third kappa shape index (κ3) is 6.12. The first kappa shape index (κ1) is 22.0. The molecule has 0 unspecified atom stereocenters. The minimum atomic E-state index is -2.76. The maximum atomic E-state index is 12.4. The van der Waals surface area contributed by atoms with Gasteiger partial charge < -0.3 is 14.8 Å². The second-order valence-corrected chi connectivity index (χ2v) is 6.48. The molecule has 0 bridgehead atoms. The first-order valence-corrected chi connectivity index (χ1v) is 9.12. The topological polar surface area (TPSA) is 109 Å². The number of nitro groups is 1. The maximum Gasteiger partial charge on any atom is 0.276 e. The van der Waals surface area contributed by atoms with Crippen molar-refractivity contribution in [3.05, 3.63) is 75.6 Å². The van der Waals surface area contributed by atoms with E-state index in [1.54, 1.807) is 24.3 Å². The number of benzene rings is 2. The molecule has 1 heterocycles. The van der Waals surface area contributed by atoms with Gasteiger partial charge in [-0.25, -0.2) is 13.5 Å². The van der Waals surface area contributed by atoms with Crippen LogP contribution in [0.4, 0.5) is 20.2 Å². The molecule has 0 spiro atoms. The zero-order chi connectivity index (χ0) is 22.4. The summed E-state index contributed by atoms with van der Waals surface area (Å²) >= 11 is 6.01. The maximum absolute atomic E-state index is 12.4. The Morgan fingerprint density at radius 2 is 2.00 bits per heavy atom. The fraction of sp³-hybridized carbons (Fsp3) is 0.158. The number of non-ortho nitro benzene ring substituents is 1. The third-order valence-electron chi connectivity index (χ3n) is 3.80. The lowest BCUT2D eigenvalue weighted by Gasteiger charge is -2.09. The number of nitro benzene ring substituents is 1. The van der Waals surface area contributed by atoms with E-state index in [0.29, 0.717) is 10.8 Å². The van der Waals surface area contributed by atoms with Crippen molar-refractivity contribution in [1.29, 1.82) is 0 Å². The normalized spacial score (nSPS) is 10.7. The van der Waals surface area contributed by atoms with E-state index in [9.17, 15) is 23.7 Å². The van der Waals surface area contributed by atoms with Crippen LogP contribution in [0.25, 0.3) is 0 Å². The summed E-state index contributed by atoms with van der Waals surface area (Å²) in [7, 11) is 0. The Balaban J connectivity index is 1.68. The number of amides is 1. The Kier molecular flexibility index (Phi) is 6.98. The summed E-state index contributed by atoms with van der Waals surface area (Å²) in [5.41, 5.74) is -0.435. The number of carbonyl (C=O) groups is 1. The molecule has 1 aromatic heterocycles. The second kappa shape index (κ2) is 9.85. The summed E-state index contributed by atoms with van der Waals surface area (Å²) in [6.45, 7) is -0.955. The molecule has 0 saturated carbocycles. The van der Waals surface area contributed by atoms with Crippen molar-refractivity contribution >= 4 is 28.9 Å². The van der Waals surface area contributed by atoms with Crippen LogP contribution in [0.2, 0.25) is 5.02 Å². The number of anilines is 1. The van der Waals surface area contributed by atoms with Gasteiger partial charge in [-0.2, -0.15) is 5.10 Å². The van der Waals surface area contributed by atoms with Gasteiger partial charge in [-0.15, -0.1) is 0 Å². The van der Waals surface area contributed by atoms with Crippen LogP contribution in [0.5, 0.6) is 11.5 Å². The van der Waals surface area contributed by atoms with Gasteiger partial charge in [0.15, 0.2) is 12.4 Å². The first-order valence-electron chi connectivity index (χ1n) is 8.74.